The minimum absolute atomic E-state index is 0.0596. The van der Waals surface area contributed by atoms with Crippen molar-refractivity contribution >= 4 is 5.91 Å². The van der Waals surface area contributed by atoms with E-state index in [0.717, 1.165) is 5.56 Å². The molecule has 6 nitrogen and oxygen atoms in total. The fraction of sp³-hybridized carbons (Fsp3) is 0.316. The van der Waals surface area contributed by atoms with Crippen LogP contribution in [0.4, 0.5) is 0 Å². The van der Waals surface area contributed by atoms with Crippen molar-refractivity contribution in [2.24, 2.45) is 0 Å². The first kappa shape index (κ1) is 17.0. The van der Waals surface area contributed by atoms with Gasteiger partial charge >= 0.3 is 0 Å². The molecular formula is C19H21NO5. The van der Waals surface area contributed by atoms with Crippen molar-refractivity contribution in [2.45, 2.75) is 13.5 Å². The van der Waals surface area contributed by atoms with Gasteiger partial charge in [-0.2, -0.15) is 0 Å². The van der Waals surface area contributed by atoms with Crippen molar-refractivity contribution in [3.8, 4) is 23.0 Å². The molecule has 0 aromatic heterocycles. The second-order valence-corrected chi connectivity index (χ2v) is 5.58. The minimum Gasteiger partial charge on any atom is -0.493 e. The molecule has 0 atom stereocenters. The number of carbonyl (C=O) groups excluding carboxylic acids is 1. The third-order valence-electron chi connectivity index (χ3n) is 4.11. The molecule has 1 aliphatic heterocycles. The summed E-state index contributed by atoms with van der Waals surface area (Å²) in [5.74, 6) is 2.52. The van der Waals surface area contributed by atoms with E-state index < -0.39 is 0 Å². The first-order chi connectivity index (χ1) is 12.2. The van der Waals surface area contributed by atoms with Crippen LogP contribution in [0.5, 0.6) is 23.0 Å². The van der Waals surface area contributed by atoms with Gasteiger partial charge in [0.1, 0.15) is 0 Å². The Labute approximate surface area is 146 Å². The summed E-state index contributed by atoms with van der Waals surface area (Å²) in [6.07, 6.45) is 0. The normalized spacial score (nSPS) is 12.0. The summed E-state index contributed by atoms with van der Waals surface area (Å²) in [6, 6.07) is 10.9. The molecule has 0 saturated carbocycles. The number of benzene rings is 2. The molecule has 25 heavy (non-hydrogen) atoms. The molecule has 0 radical (unpaired) electrons. The molecule has 0 saturated heterocycles. The predicted molar refractivity (Wildman–Crippen MR) is 92.5 cm³/mol. The summed E-state index contributed by atoms with van der Waals surface area (Å²) in [6.45, 7) is 3.20. The van der Waals surface area contributed by atoms with Crippen LogP contribution in [0, 0.1) is 0 Å². The number of hydrogen-bond acceptors (Lipinski definition) is 5. The first-order valence-electron chi connectivity index (χ1n) is 8.06. The Kier molecular flexibility index (Phi) is 4.97. The van der Waals surface area contributed by atoms with E-state index in [2.05, 4.69) is 0 Å². The molecule has 132 valence electrons. The number of rotatable bonds is 6. The third-order valence-corrected chi connectivity index (χ3v) is 4.11. The molecule has 1 aliphatic rings. The summed E-state index contributed by atoms with van der Waals surface area (Å²) < 4.78 is 21.2. The standard InChI is InChI=1S/C19H21NO5/c1-4-20(11-13-5-7-15(22-2)17(9-13)23-3)19(21)14-6-8-16-18(10-14)25-12-24-16/h5-10H,4,11-12H2,1-3H3. The Morgan fingerprint density at radius 2 is 1.80 bits per heavy atom. The topological polar surface area (TPSA) is 57.2 Å². The van der Waals surface area contributed by atoms with Crippen LogP contribution in [0.25, 0.3) is 0 Å². The van der Waals surface area contributed by atoms with Gasteiger partial charge in [0.2, 0.25) is 6.79 Å². The highest BCUT2D eigenvalue weighted by atomic mass is 16.7. The molecule has 0 unspecified atom stereocenters. The number of hydrogen-bond donors (Lipinski definition) is 0. The highest BCUT2D eigenvalue weighted by Crippen LogP contribution is 2.33. The van der Waals surface area contributed by atoms with Crippen LogP contribution in [-0.4, -0.2) is 38.4 Å². The van der Waals surface area contributed by atoms with E-state index in [1.54, 1.807) is 37.3 Å². The maximum Gasteiger partial charge on any atom is 0.254 e. The SMILES string of the molecule is CCN(Cc1ccc(OC)c(OC)c1)C(=O)c1ccc2c(c1)OCO2. The van der Waals surface area contributed by atoms with E-state index in [0.29, 0.717) is 41.7 Å². The molecule has 0 spiro atoms. The summed E-state index contributed by atoms with van der Waals surface area (Å²) in [4.78, 5) is 14.6. The second-order valence-electron chi connectivity index (χ2n) is 5.58. The van der Waals surface area contributed by atoms with E-state index in [1.807, 2.05) is 25.1 Å². The zero-order valence-corrected chi connectivity index (χ0v) is 14.6. The van der Waals surface area contributed by atoms with Crippen molar-refractivity contribution in [1.82, 2.24) is 4.90 Å². The largest absolute Gasteiger partial charge is 0.493 e. The smallest absolute Gasteiger partial charge is 0.254 e. The summed E-state index contributed by atoms with van der Waals surface area (Å²) in [7, 11) is 3.19. The Balaban J connectivity index is 1.79. The van der Waals surface area contributed by atoms with Crippen molar-refractivity contribution in [2.75, 3.05) is 27.6 Å². The molecule has 0 aliphatic carbocycles. The number of nitrogens with zero attached hydrogens (tertiary/aromatic N) is 1. The molecule has 1 amide bonds. The fourth-order valence-electron chi connectivity index (χ4n) is 2.74. The van der Waals surface area contributed by atoms with Gasteiger partial charge in [-0.15, -0.1) is 0 Å². The van der Waals surface area contributed by atoms with Gasteiger partial charge in [0.25, 0.3) is 5.91 Å². The molecule has 6 heteroatoms. The summed E-state index contributed by atoms with van der Waals surface area (Å²) >= 11 is 0. The lowest BCUT2D eigenvalue weighted by molar-refractivity contribution is 0.0752. The maximum atomic E-state index is 12.8. The summed E-state index contributed by atoms with van der Waals surface area (Å²) in [5.41, 5.74) is 1.54. The molecule has 0 fully saturated rings. The number of amides is 1. The number of ether oxygens (including phenoxy) is 4. The van der Waals surface area contributed by atoms with Crippen LogP contribution in [-0.2, 0) is 6.54 Å². The maximum absolute atomic E-state index is 12.8. The first-order valence-corrected chi connectivity index (χ1v) is 8.06. The van der Waals surface area contributed by atoms with Gasteiger partial charge in [0.15, 0.2) is 23.0 Å². The number of fused-ring (bicyclic) bond motifs is 1. The van der Waals surface area contributed by atoms with Crippen LogP contribution >= 0.6 is 0 Å². The van der Waals surface area contributed by atoms with Crippen LogP contribution in [0.1, 0.15) is 22.8 Å². The van der Waals surface area contributed by atoms with Gasteiger partial charge in [0, 0.05) is 18.7 Å². The number of carbonyl (C=O) groups is 1. The average molecular weight is 343 g/mol. The quantitative estimate of drug-likeness (QED) is 0.807. The molecule has 1 heterocycles. The van der Waals surface area contributed by atoms with E-state index in [9.17, 15) is 4.79 Å². The minimum atomic E-state index is -0.0596. The van der Waals surface area contributed by atoms with E-state index in [-0.39, 0.29) is 12.7 Å². The van der Waals surface area contributed by atoms with Crippen molar-refractivity contribution < 1.29 is 23.7 Å². The molecule has 3 rings (SSSR count). The Hall–Kier alpha value is -2.89. The van der Waals surface area contributed by atoms with E-state index >= 15 is 0 Å². The summed E-state index contributed by atoms with van der Waals surface area (Å²) in [5, 5.41) is 0. The zero-order chi connectivity index (χ0) is 17.8. The van der Waals surface area contributed by atoms with Gasteiger partial charge < -0.3 is 23.8 Å². The second kappa shape index (κ2) is 7.34. The lowest BCUT2D eigenvalue weighted by Crippen LogP contribution is -2.30. The lowest BCUT2D eigenvalue weighted by Gasteiger charge is -2.22. The Morgan fingerprint density at radius 1 is 1.04 bits per heavy atom. The van der Waals surface area contributed by atoms with E-state index in [1.165, 1.54) is 0 Å². The van der Waals surface area contributed by atoms with E-state index in [4.69, 9.17) is 18.9 Å². The predicted octanol–water partition coefficient (Wildman–Crippen LogP) is 3.09. The van der Waals surface area contributed by atoms with Gasteiger partial charge in [-0.3, -0.25) is 4.79 Å². The van der Waals surface area contributed by atoms with Gasteiger partial charge in [-0.05, 0) is 42.8 Å². The molecule has 0 N–H and O–H groups in total. The third kappa shape index (κ3) is 3.47. The average Bonchev–Trinajstić information content (AvgIpc) is 3.13. The van der Waals surface area contributed by atoms with Gasteiger partial charge in [-0.25, -0.2) is 0 Å². The highest BCUT2D eigenvalue weighted by molar-refractivity contribution is 5.95. The van der Waals surface area contributed by atoms with Crippen LogP contribution < -0.4 is 18.9 Å². The van der Waals surface area contributed by atoms with Crippen LogP contribution in [0.2, 0.25) is 0 Å². The lowest BCUT2D eigenvalue weighted by atomic mass is 10.1. The molecule has 2 aromatic rings. The Morgan fingerprint density at radius 3 is 2.52 bits per heavy atom. The molecular weight excluding hydrogens is 322 g/mol. The molecule has 0 bridgehead atoms. The van der Waals surface area contributed by atoms with Crippen LogP contribution in [0.15, 0.2) is 36.4 Å². The van der Waals surface area contributed by atoms with Crippen molar-refractivity contribution in [3.05, 3.63) is 47.5 Å². The van der Waals surface area contributed by atoms with Crippen LogP contribution in [0.3, 0.4) is 0 Å². The van der Waals surface area contributed by atoms with Gasteiger partial charge in [-0.1, -0.05) is 6.07 Å². The Bertz CT molecular complexity index is 774. The number of methoxy groups -OCH3 is 2. The highest BCUT2D eigenvalue weighted by Gasteiger charge is 2.20. The fourth-order valence-corrected chi connectivity index (χ4v) is 2.74. The molecule has 2 aromatic carbocycles. The zero-order valence-electron chi connectivity index (χ0n) is 14.6. The monoisotopic (exact) mass is 343 g/mol. The van der Waals surface area contributed by atoms with Crippen molar-refractivity contribution in [3.63, 3.8) is 0 Å². The van der Waals surface area contributed by atoms with Gasteiger partial charge in [0.05, 0.1) is 14.2 Å². The van der Waals surface area contributed by atoms with Crippen molar-refractivity contribution in [1.29, 1.82) is 0 Å².